The van der Waals surface area contributed by atoms with Crippen molar-refractivity contribution in [2.75, 3.05) is 12.0 Å². The van der Waals surface area contributed by atoms with Crippen molar-refractivity contribution in [2.24, 2.45) is 0 Å². The van der Waals surface area contributed by atoms with E-state index in [9.17, 15) is 17.3 Å². The summed E-state index contributed by atoms with van der Waals surface area (Å²) < 4.78 is 41.2. The number of aromatic nitrogens is 1. The third-order valence-electron chi connectivity index (χ3n) is 4.71. The minimum absolute atomic E-state index is 0.676. The molecule has 3 aromatic carbocycles. The zero-order valence-electron chi connectivity index (χ0n) is 17.8. The zero-order valence-corrected chi connectivity index (χ0v) is 17.8. The van der Waals surface area contributed by atoms with Crippen LogP contribution >= 0.6 is 0 Å². The Morgan fingerprint density at radius 3 is 1.36 bits per heavy atom. The van der Waals surface area contributed by atoms with Crippen molar-refractivity contribution in [1.82, 2.24) is 0 Å². The number of benzene rings is 3. The van der Waals surface area contributed by atoms with Crippen LogP contribution in [0.1, 0.15) is 0 Å². The van der Waals surface area contributed by atoms with Gasteiger partial charge >= 0.3 is 7.25 Å². The Balaban J connectivity index is 0.000000555. The first-order valence-corrected chi connectivity index (χ1v) is 10.4. The monoisotopic (exact) mass is 450 g/mol. The summed E-state index contributed by atoms with van der Waals surface area (Å²) in [5.41, 5.74) is 10.4. The Labute approximate surface area is 190 Å². The SMILES string of the molecule is C=CCN[n+]1c(-c2ccccc2)cc(-c2ccccc2)cc1-c1ccccc1.F[B-](F)(F)F. The molecule has 4 rings (SSSR count). The molecule has 0 fully saturated rings. The second kappa shape index (κ2) is 11.1. The molecule has 1 heterocycles. The summed E-state index contributed by atoms with van der Waals surface area (Å²) >= 11 is 0. The quantitative estimate of drug-likeness (QED) is 0.145. The van der Waals surface area contributed by atoms with Crippen molar-refractivity contribution in [2.45, 2.75) is 0 Å². The van der Waals surface area contributed by atoms with Gasteiger partial charge < -0.3 is 17.3 Å². The predicted octanol–water partition coefficient (Wildman–Crippen LogP) is 7.00. The maximum atomic E-state index is 9.75. The molecule has 168 valence electrons. The summed E-state index contributed by atoms with van der Waals surface area (Å²) in [5.74, 6) is 0. The van der Waals surface area contributed by atoms with Gasteiger partial charge in [0, 0.05) is 23.3 Å². The summed E-state index contributed by atoms with van der Waals surface area (Å²) in [6, 6.07) is 36.0. The molecule has 0 radical (unpaired) electrons. The average molecular weight is 450 g/mol. The number of nitrogens with zero attached hydrogens (tertiary/aromatic N) is 1. The molecule has 0 amide bonds. The molecule has 0 atom stereocenters. The van der Waals surface area contributed by atoms with Crippen LogP contribution < -0.4 is 10.1 Å². The van der Waals surface area contributed by atoms with Gasteiger partial charge in [-0.1, -0.05) is 77.5 Å². The molecular weight excluding hydrogens is 427 g/mol. The van der Waals surface area contributed by atoms with Gasteiger partial charge in [-0.15, -0.1) is 6.58 Å². The summed E-state index contributed by atoms with van der Waals surface area (Å²) in [5, 5.41) is 0. The average Bonchev–Trinajstić information content (AvgIpc) is 2.83. The molecular formula is C26H23BF4N2. The third kappa shape index (κ3) is 7.07. The van der Waals surface area contributed by atoms with Crippen LogP contribution in [-0.2, 0) is 0 Å². The number of rotatable bonds is 6. The van der Waals surface area contributed by atoms with Crippen molar-refractivity contribution >= 4 is 7.25 Å². The van der Waals surface area contributed by atoms with Gasteiger partial charge in [-0.05, 0) is 35.4 Å². The molecule has 0 spiro atoms. The number of halogens is 4. The molecule has 2 nitrogen and oxygen atoms in total. The number of hydrogen-bond acceptors (Lipinski definition) is 1. The van der Waals surface area contributed by atoms with Gasteiger partial charge in [0.05, 0.1) is 6.54 Å². The largest absolute Gasteiger partial charge is 0.673 e. The lowest BCUT2D eigenvalue weighted by molar-refractivity contribution is -0.626. The van der Waals surface area contributed by atoms with Gasteiger partial charge in [-0.25, -0.2) is 0 Å². The fourth-order valence-corrected chi connectivity index (χ4v) is 3.36. The molecule has 0 saturated heterocycles. The van der Waals surface area contributed by atoms with Gasteiger partial charge in [0.15, 0.2) is 0 Å². The highest BCUT2D eigenvalue weighted by Gasteiger charge is 2.23. The van der Waals surface area contributed by atoms with Gasteiger partial charge in [-0.3, -0.25) is 0 Å². The Hall–Kier alpha value is -3.87. The van der Waals surface area contributed by atoms with Crippen molar-refractivity contribution in [3.05, 3.63) is 116 Å². The fraction of sp³-hybridized carbons (Fsp3) is 0.0385. The summed E-state index contributed by atoms with van der Waals surface area (Å²) in [6.07, 6.45) is 1.88. The Kier molecular flexibility index (Phi) is 8.03. The Morgan fingerprint density at radius 1 is 0.636 bits per heavy atom. The summed E-state index contributed by atoms with van der Waals surface area (Å²) in [6.45, 7) is 4.55. The first-order valence-electron chi connectivity index (χ1n) is 10.4. The van der Waals surface area contributed by atoms with E-state index in [2.05, 4.69) is 108 Å². The van der Waals surface area contributed by atoms with Crippen LogP contribution in [0.4, 0.5) is 17.3 Å². The smallest absolute Gasteiger partial charge is 0.418 e. The van der Waals surface area contributed by atoms with Crippen LogP contribution in [0.3, 0.4) is 0 Å². The molecule has 0 aliphatic heterocycles. The van der Waals surface area contributed by atoms with E-state index in [-0.39, 0.29) is 0 Å². The minimum Gasteiger partial charge on any atom is -0.418 e. The number of hydrogen-bond donors (Lipinski definition) is 1. The van der Waals surface area contributed by atoms with Crippen LogP contribution in [0.5, 0.6) is 0 Å². The van der Waals surface area contributed by atoms with Crippen molar-refractivity contribution in [3.8, 4) is 33.6 Å². The van der Waals surface area contributed by atoms with Crippen LogP contribution in [0.2, 0.25) is 0 Å². The maximum absolute atomic E-state index is 9.75. The molecule has 33 heavy (non-hydrogen) atoms. The van der Waals surface area contributed by atoms with E-state index in [1.54, 1.807) is 0 Å². The van der Waals surface area contributed by atoms with Gasteiger partial charge in [0.25, 0.3) is 0 Å². The molecule has 7 heteroatoms. The van der Waals surface area contributed by atoms with Crippen molar-refractivity contribution in [3.63, 3.8) is 0 Å². The lowest BCUT2D eigenvalue weighted by Gasteiger charge is -2.12. The highest BCUT2D eigenvalue weighted by molar-refractivity contribution is 6.50. The topological polar surface area (TPSA) is 15.9 Å². The molecule has 1 N–H and O–H groups in total. The van der Waals surface area contributed by atoms with Crippen molar-refractivity contribution < 1.29 is 21.9 Å². The van der Waals surface area contributed by atoms with Crippen molar-refractivity contribution in [1.29, 1.82) is 0 Å². The normalized spacial score (nSPS) is 10.7. The molecule has 0 aliphatic rings. The first-order chi connectivity index (χ1) is 15.9. The molecule has 4 aromatic rings. The number of nitrogens with one attached hydrogen (secondary N) is 1. The highest BCUT2D eigenvalue weighted by Crippen LogP contribution is 2.28. The van der Waals surface area contributed by atoms with E-state index >= 15 is 0 Å². The van der Waals surface area contributed by atoms with E-state index in [1.165, 1.54) is 11.1 Å². The highest BCUT2D eigenvalue weighted by atomic mass is 19.5. The second-order valence-corrected chi connectivity index (χ2v) is 7.09. The molecule has 0 saturated carbocycles. The lowest BCUT2D eigenvalue weighted by atomic mass is 10.00. The molecule has 0 aliphatic carbocycles. The zero-order chi connectivity index (χ0) is 23.7. The lowest BCUT2D eigenvalue weighted by Crippen LogP contribution is -2.49. The van der Waals surface area contributed by atoms with E-state index in [4.69, 9.17) is 0 Å². The van der Waals surface area contributed by atoms with Crippen LogP contribution in [0.15, 0.2) is 116 Å². The van der Waals surface area contributed by atoms with E-state index < -0.39 is 7.25 Å². The maximum Gasteiger partial charge on any atom is 0.673 e. The standard InChI is InChI=1S/C26H23N2.BF4/c1-2-18-27-28-25(22-14-8-4-9-15-22)19-24(21-12-6-3-7-13-21)20-26(28)23-16-10-5-11-17-23;2-1(3,4)5/h2-17,19-20,27H,1,18H2;/q+1;-1. The number of pyridine rings is 1. The Morgan fingerprint density at radius 2 is 1.00 bits per heavy atom. The van der Waals surface area contributed by atoms with Crippen LogP contribution in [-0.4, -0.2) is 13.8 Å². The first kappa shape index (κ1) is 23.8. The van der Waals surface area contributed by atoms with Crippen LogP contribution in [0, 0.1) is 0 Å². The van der Waals surface area contributed by atoms with Crippen LogP contribution in [0.25, 0.3) is 33.6 Å². The van der Waals surface area contributed by atoms with Gasteiger partial charge in [-0.2, -0.15) is 5.43 Å². The Bertz CT molecular complexity index is 1100. The fourth-order valence-electron chi connectivity index (χ4n) is 3.36. The molecule has 0 bridgehead atoms. The summed E-state index contributed by atoms with van der Waals surface area (Å²) in [4.78, 5) is 0. The van der Waals surface area contributed by atoms with Gasteiger partial charge in [0.1, 0.15) is 0 Å². The predicted molar refractivity (Wildman–Crippen MR) is 128 cm³/mol. The minimum atomic E-state index is -6.00. The second-order valence-electron chi connectivity index (χ2n) is 7.09. The van der Waals surface area contributed by atoms with E-state index in [0.29, 0.717) is 6.54 Å². The van der Waals surface area contributed by atoms with E-state index in [0.717, 1.165) is 22.5 Å². The molecule has 1 aromatic heterocycles. The van der Waals surface area contributed by atoms with Gasteiger partial charge in [0.2, 0.25) is 11.4 Å². The summed E-state index contributed by atoms with van der Waals surface area (Å²) in [7, 11) is -6.00. The molecule has 0 unspecified atom stereocenters. The third-order valence-corrected chi connectivity index (χ3v) is 4.71. The van der Waals surface area contributed by atoms with E-state index in [1.807, 2.05) is 18.2 Å².